The Kier molecular flexibility index (Phi) is 27.0. The smallest absolute Gasteiger partial charge is 0.268 e. The number of unbranched alkanes of at least 4 members (excludes halogenated alkanes) is 1. The molecular weight excluding hydrogens is 1700 g/mol. The van der Waals surface area contributed by atoms with Crippen molar-refractivity contribution in [1.82, 2.24) is 78.7 Å². The number of amides is 3. The van der Waals surface area contributed by atoms with Gasteiger partial charge >= 0.3 is 0 Å². The molecule has 0 spiro atoms. The SMILES string of the molecule is CC1(CCOc2ccn(-c3ccc(C(=O)NS(=O)(=O)c4ccc(NCCCCC5CNC(C)(C)C5)nc4)c(Cl)n3)n2)CC1.CC1(CCOc2ccn(-c3ccc4c(n3)N3CC(CCCCNc5ccc(cn5)S(=O)(=O)NC4=O)CC3(C)C)n2)CC1.CC1(CCOc2ccn(-c3ccc4c(n3)N3CC(CCCCNc5ccc(cn5)S(=O)(=O)NC4=O)CC3(C)C)n2)CC1. The van der Waals surface area contributed by atoms with Crippen molar-refractivity contribution in [3.05, 3.63) is 150 Å². The summed E-state index contributed by atoms with van der Waals surface area (Å²) in [6.07, 6.45) is 31.9. The van der Waals surface area contributed by atoms with Crippen LogP contribution < -0.4 is 59.4 Å². The van der Waals surface area contributed by atoms with E-state index in [0.29, 0.717) is 118 Å². The van der Waals surface area contributed by atoms with E-state index in [1.807, 2.05) is 4.72 Å². The third-order valence-corrected chi connectivity index (χ3v) is 30.1. The molecule has 3 saturated carbocycles. The summed E-state index contributed by atoms with van der Waals surface area (Å²) in [4.78, 5) is 70.7. The molecule has 680 valence electrons. The van der Waals surface area contributed by atoms with Crippen molar-refractivity contribution in [2.24, 2.45) is 34.0 Å². The van der Waals surface area contributed by atoms with E-state index >= 15 is 0 Å². The highest BCUT2D eigenvalue weighted by Crippen LogP contribution is 2.50. The molecule has 0 radical (unpaired) electrons. The van der Waals surface area contributed by atoms with E-state index in [4.69, 9.17) is 35.8 Å². The molecule has 3 amide bonds. The van der Waals surface area contributed by atoms with Crippen LogP contribution in [0.15, 0.2) is 143 Å². The third kappa shape index (κ3) is 23.5. The average molecular weight is 1820 g/mol. The minimum atomic E-state index is -4.18. The van der Waals surface area contributed by atoms with Crippen molar-refractivity contribution in [1.29, 1.82) is 0 Å². The number of anilines is 5. The summed E-state index contributed by atoms with van der Waals surface area (Å²) in [7, 11) is -12.5. The minimum Gasteiger partial charge on any atom is -0.477 e. The first-order valence-electron chi connectivity index (χ1n) is 44.3. The second kappa shape index (κ2) is 37.6. The molecule has 16 heterocycles. The van der Waals surface area contributed by atoms with Gasteiger partial charge in [0, 0.05) is 105 Å². The zero-order chi connectivity index (χ0) is 89.7. The first kappa shape index (κ1) is 91.2. The van der Waals surface area contributed by atoms with Gasteiger partial charge in [-0.2, -0.15) is 0 Å². The lowest BCUT2D eigenvalue weighted by atomic mass is 9.93. The fourth-order valence-electron chi connectivity index (χ4n) is 17.1. The molecule has 127 heavy (non-hydrogen) atoms. The normalized spacial score (nSPS) is 21.2. The number of hydrogen-bond donors (Lipinski definition) is 7. The molecule has 3 aliphatic carbocycles. The number of halogens is 1. The molecule has 7 aliphatic heterocycles. The lowest BCUT2D eigenvalue weighted by molar-refractivity contribution is 0.0972. The van der Waals surface area contributed by atoms with Gasteiger partial charge in [0.1, 0.15) is 48.9 Å². The number of hydrogen-bond acceptors (Lipinski definition) is 27. The largest absolute Gasteiger partial charge is 0.477 e. The Balaban J connectivity index is 0.000000147. The first-order chi connectivity index (χ1) is 60.4. The number of fused-ring (bicyclic) bond motifs is 16. The minimum absolute atomic E-state index is 0.0847. The number of carbonyl (C=O) groups is 3. The predicted octanol–water partition coefficient (Wildman–Crippen LogP) is 14.1. The van der Waals surface area contributed by atoms with Gasteiger partial charge in [-0.1, -0.05) is 51.6 Å². The first-order valence-corrected chi connectivity index (χ1v) is 49.1. The topological polar surface area (TPSA) is 403 Å². The summed E-state index contributed by atoms with van der Waals surface area (Å²) in [6.45, 7) is 26.4. The monoisotopic (exact) mass is 1820 g/mol. The van der Waals surface area contributed by atoms with Crippen molar-refractivity contribution < 1.29 is 53.8 Å². The summed E-state index contributed by atoms with van der Waals surface area (Å²) < 4.78 is 107. The number of rotatable bonds is 24. The predicted molar refractivity (Wildman–Crippen MR) is 484 cm³/mol. The van der Waals surface area contributed by atoms with Crippen LogP contribution in [-0.4, -0.2) is 178 Å². The molecule has 7 N–H and O–H groups in total. The van der Waals surface area contributed by atoms with Crippen LogP contribution in [0.1, 0.15) is 228 Å². The molecule has 3 saturated heterocycles. The highest BCUT2D eigenvalue weighted by Gasteiger charge is 2.45. The molecule has 19 rings (SSSR count). The average Bonchev–Trinajstić information content (AvgIpc) is 1.70. The second-order valence-electron chi connectivity index (χ2n) is 38.1. The standard InChI is InChI=1S/C30H40ClN7O4S.2C30H39N7O4S/c1-29(2)18-21(19-34-29)6-4-5-15-32-24-9-7-22(20-33-24)43(40,41)37-28(39)23-8-10-25(35-27(23)31)38-16-11-26(36-38)42-17-14-30(3)12-13-30;2*1-29(2)18-21-6-4-5-15-31-24-9-7-22(19-32-24)42(39,40)35-28(38)23-8-10-25(33-27(23)36(29)20-21)37-16-11-26(34-37)41-17-14-30(3)12-13-30/h7-11,16,20-21,34H,4-6,12-15,17-19H2,1-3H3,(H,32,33)(H,37,39);2*7-11,16,19,21H,4-6,12-15,17-18,20H2,1-3H3,(H,31,32)(H,35,38). The number of pyridine rings is 6. The van der Waals surface area contributed by atoms with Gasteiger partial charge < -0.3 is 45.3 Å². The quantitative estimate of drug-likeness (QED) is 0.0218. The van der Waals surface area contributed by atoms with Gasteiger partial charge in [-0.3, -0.25) is 14.4 Å². The second-order valence-corrected chi connectivity index (χ2v) is 43.5. The van der Waals surface area contributed by atoms with Gasteiger partial charge in [-0.25, -0.2) is 83.4 Å². The van der Waals surface area contributed by atoms with E-state index < -0.39 is 47.8 Å². The summed E-state index contributed by atoms with van der Waals surface area (Å²) in [5, 5.41) is 26.6. The Labute approximate surface area is 748 Å². The number of aromatic nitrogens is 12. The van der Waals surface area contributed by atoms with Crippen LogP contribution in [0.2, 0.25) is 5.15 Å². The Morgan fingerprint density at radius 2 is 0.992 bits per heavy atom. The molecule has 3 unspecified atom stereocenters. The number of sulfonamides is 3. The molecule has 33 nitrogen and oxygen atoms in total. The fraction of sp³-hybridized carbons (Fsp3) is 0.533. The molecule has 37 heteroatoms. The Hall–Kier alpha value is -10.6. The van der Waals surface area contributed by atoms with Crippen LogP contribution in [0.4, 0.5) is 29.1 Å². The molecular formula is C90H118ClN21O12S3. The Bertz CT molecular complexity index is 5550. The van der Waals surface area contributed by atoms with Crippen LogP contribution >= 0.6 is 11.6 Å². The number of nitrogens with one attached hydrogen (secondary N) is 7. The summed E-state index contributed by atoms with van der Waals surface area (Å²) in [6, 6.07) is 24.0. The van der Waals surface area contributed by atoms with Crippen molar-refractivity contribution >= 4 is 88.5 Å². The number of nitrogens with zero attached hydrogens (tertiary/aromatic N) is 14. The van der Waals surface area contributed by atoms with E-state index in [2.05, 4.69) is 138 Å². The van der Waals surface area contributed by atoms with Gasteiger partial charge in [0.2, 0.25) is 17.6 Å². The van der Waals surface area contributed by atoms with E-state index in [9.17, 15) is 39.6 Å². The molecule has 9 aromatic heterocycles. The third-order valence-electron chi connectivity index (χ3n) is 25.8. The van der Waals surface area contributed by atoms with Gasteiger partial charge in [0.25, 0.3) is 47.8 Å². The van der Waals surface area contributed by atoms with Crippen LogP contribution in [0.25, 0.3) is 17.5 Å². The van der Waals surface area contributed by atoms with Crippen molar-refractivity contribution in [3.8, 4) is 35.1 Å². The highest BCUT2D eigenvalue weighted by atomic mass is 35.5. The zero-order valence-corrected chi connectivity index (χ0v) is 77.0. The van der Waals surface area contributed by atoms with Crippen molar-refractivity contribution in [3.63, 3.8) is 0 Å². The van der Waals surface area contributed by atoms with Gasteiger partial charge in [-0.05, 0) is 270 Å². The fourth-order valence-corrected chi connectivity index (χ4v) is 20.1. The van der Waals surface area contributed by atoms with Gasteiger partial charge in [0.15, 0.2) is 17.5 Å². The zero-order valence-electron chi connectivity index (χ0n) is 73.8. The van der Waals surface area contributed by atoms with Crippen LogP contribution in [0.5, 0.6) is 17.6 Å². The maximum absolute atomic E-state index is 13.6. The van der Waals surface area contributed by atoms with Crippen LogP contribution in [0.3, 0.4) is 0 Å². The molecule has 8 bridgehead atoms. The Morgan fingerprint density at radius 1 is 0.535 bits per heavy atom. The van der Waals surface area contributed by atoms with E-state index in [1.165, 1.54) is 105 Å². The maximum Gasteiger partial charge on any atom is 0.268 e. The number of ether oxygens (including phenoxy) is 3. The lowest BCUT2D eigenvalue weighted by Crippen LogP contribution is -2.41. The van der Waals surface area contributed by atoms with Crippen molar-refractivity contribution in [2.75, 3.05) is 84.8 Å². The summed E-state index contributed by atoms with van der Waals surface area (Å²) >= 11 is 6.27. The maximum atomic E-state index is 13.6. The number of carbonyl (C=O) groups excluding carboxylic acids is 3. The van der Waals surface area contributed by atoms with E-state index in [1.54, 1.807) is 88.6 Å². The summed E-state index contributed by atoms with van der Waals surface area (Å²) in [5.74, 6) is 4.70. The van der Waals surface area contributed by atoms with Crippen LogP contribution in [-0.2, 0) is 30.1 Å². The summed E-state index contributed by atoms with van der Waals surface area (Å²) in [5.41, 5.74) is 1.14. The van der Waals surface area contributed by atoms with Gasteiger partial charge in [0.05, 0.1) is 36.5 Å². The van der Waals surface area contributed by atoms with E-state index in [-0.39, 0.29) is 53.1 Å². The molecule has 9 aromatic rings. The lowest BCUT2D eigenvalue weighted by Gasteiger charge is -2.34. The Morgan fingerprint density at radius 3 is 1.40 bits per heavy atom. The molecule has 10 aliphatic rings. The molecule has 0 aromatic carbocycles. The van der Waals surface area contributed by atoms with Crippen molar-refractivity contribution in [2.45, 2.75) is 228 Å². The molecule has 6 fully saturated rings. The van der Waals surface area contributed by atoms with Gasteiger partial charge in [-0.15, -0.1) is 15.3 Å². The van der Waals surface area contributed by atoms with Crippen LogP contribution in [0, 0.1) is 34.0 Å². The van der Waals surface area contributed by atoms with E-state index in [0.717, 1.165) is 123 Å². The molecule has 3 atom stereocenters. The highest BCUT2D eigenvalue weighted by molar-refractivity contribution is 7.90.